The van der Waals surface area contributed by atoms with Gasteiger partial charge in [-0.3, -0.25) is 0 Å². The molecule has 2 rings (SSSR count). The summed E-state index contributed by atoms with van der Waals surface area (Å²) in [6.07, 6.45) is 2.77. The lowest BCUT2D eigenvalue weighted by Gasteiger charge is -2.10. The van der Waals surface area contributed by atoms with Gasteiger partial charge in [-0.25, -0.2) is 4.99 Å². The highest BCUT2D eigenvalue weighted by atomic mass is 16.3. The minimum Gasteiger partial charge on any atom is -0.467 e. The third-order valence-electron chi connectivity index (χ3n) is 3.35. The molecule has 2 aromatic rings. The number of anilines is 1. The maximum atomic E-state index is 5.84. The van der Waals surface area contributed by atoms with Crippen molar-refractivity contribution in [1.82, 2.24) is 0 Å². The zero-order valence-electron chi connectivity index (χ0n) is 12.0. The molecule has 0 aliphatic rings. The van der Waals surface area contributed by atoms with Crippen molar-refractivity contribution in [2.45, 2.75) is 32.7 Å². The molecule has 1 unspecified atom stereocenters. The number of hydrogen-bond acceptors (Lipinski definition) is 2. The van der Waals surface area contributed by atoms with Gasteiger partial charge in [0.15, 0.2) is 5.96 Å². The smallest absolute Gasteiger partial charge is 0.193 e. The molecule has 0 saturated carbocycles. The van der Waals surface area contributed by atoms with Gasteiger partial charge < -0.3 is 15.5 Å². The fourth-order valence-corrected chi connectivity index (χ4v) is 1.88. The van der Waals surface area contributed by atoms with E-state index in [0.717, 1.165) is 17.9 Å². The van der Waals surface area contributed by atoms with Crippen molar-refractivity contribution in [3.63, 3.8) is 0 Å². The van der Waals surface area contributed by atoms with Crippen LogP contribution < -0.4 is 11.1 Å². The molecule has 1 heterocycles. The van der Waals surface area contributed by atoms with Crippen LogP contribution in [-0.4, -0.2) is 5.96 Å². The summed E-state index contributed by atoms with van der Waals surface area (Å²) < 4.78 is 5.20. The Labute approximate surface area is 119 Å². The molecule has 0 amide bonds. The molecule has 0 spiro atoms. The second-order valence-corrected chi connectivity index (χ2v) is 4.84. The summed E-state index contributed by atoms with van der Waals surface area (Å²) in [5.74, 6) is 1.76. The molecule has 4 heteroatoms. The van der Waals surface area contributed by atoms with Gasteiger partial charge >= 0.3 is 0 Å². The summed E-state index contributed by atoms with van der Waals surface area (Å²) in [7, 11) is 0. The summed E-state index contributed by atoms with van der Waals surface area (Å²) in [4.78, 5) is 4.23. The standard InChI is InChI=1S/C16H21N3O/c1-3-12(2)13-6-8-14(9-7-13)19-16(17)18-11-15-5-4-10-20-15/h4-10,12H,3,11H2,1-2H3,(H3,17,18,19). The number of furan rings is 1. The molecular formula is C16H21N3O. The highest BCUT2D eigenvalue weighted by Gasteiger charge is 2.02. The minimum atomic E-state index is 0.387. The maximum Gasteiger partial charge on any atom is 0.193 e. The Kier molecular flexibility index (Phi) is 4.82. The lowest BCUT2D eigenvalue weighted by molar-refractivity contribution is 0.513. The van der Waals surface area contributed by atoms with E-state index in [9.17, 15) is 0 Å². The molecule has 3 N–H and O–H groups in total. The number of aliphatic imine (C=N–C) groups is 1. The Morgan fingerprint density at radius 1 is 1.30 bits per heavy atom. The molecule has 1 atom stereocenters. The second kappa shape index (κ2) is 6.80. The maximum absolute atomic E-state index is 5.84. The first-order valence-electron chi connectivity index (χ1n) is 6.88. The van der Waals surface area contributed by atoms with Gasteiger partial charge in [0.2, 0.25) is 0 Å². The van der Waals surface area contributed by atoms with Crippen molar-refractivity contribution < 1.29 is 4.42 Å². The normalized spacial score (nSPS) is 13.2. The van der Waals surface area contributed by atoms with Crippen LogP contribution in [0.25, 0.3) is 0 Å². The molecule has 0 aliphatic carbocycles. The molecule has 0 saturated heterocycles. The van der Waals surface area contributed by atoms with Crippen LogP contribution in [0.3, 0.4) is 0 Å². The first-order valence-corrected chi connectivity index (χ1v) is 6.88. The molecular weight excluding hydrogens is 250 g/mol. The Morgan fingerprint density at radius 3 is 2.65 bits per heavy atom. The number of rotatable bonds is 5. The lowest BCUT2D eigenvalue weighted by atomic mass is 9.99. The summed E-state index contributed by atoms with van der Waals surface area (Å²) in [5, 5.41) is 3.07. The number of nitrogens with one attached hydrogen (secondary N) is 1. The predicted molar refractivity (Wildman–Crippen MR) is 82.8 cm³/mol. The van der Waals surface area contributed by atoms with Crippen LogP contribution >= 0.6 is 0 Å². The van der Waals surface area contributed by atoms with Crippen molar-refractivity contribution in [2.75, 3.05) is 5.32 Å². The largest absolute Gasteiger partial charge is 0.467 e. The van der Waals surface area contributed by atoms with E-state index >= 15 is 0 Å². The van der Waals surface area contributed by atoms with E-state index in [1.54, 1.807) is 6.26 Å². The van der Waals surface area contributed by atoms with Gasteiger partial charge in [-0.15, -0.1) is 0 Å². The fourth-order valence-electron chi connectivity index (χ4n) is 1.88. The lowest BCUT2D eigenvalue weighted by Crippen LogP contribution is -2.22. The van der Waals surface area contributed by atoms with Crippen molar-refractivity contribution in [1.29, 1.82) is 0 Å². The number of nitrogens with two attached hydrogens (primary N) is 1. The second-order valence-electron chi connectivity index (χ2n) is 4.84. The Bertz CT molecular complexity index is 544. The van der Waals surface area contributed by atoms with Crippen molar-refractivity contribution in [3.8, 4) is 0 Å². The molecule has 0 bridgehead atoms. The van der Waals surface area contributed by atoms with E-state index in [-0.39, 0.29) is 0 Å². The monoisotopic (exact) mass is 271 g/mol. The molecule has 0 fully saturated rings. The van der Waals surface area contributed by atoms with Gasteiger partial charge in [-0.05, 0) is 42.2 Å². The van der Waals surface area contributed by atoms with Gasteiger partial charge in [-0.1, -0.05) is 26.0 Å². The molecule has 0 aliphatic heterocycles. The van der Waals surface area contributed by atoms with Gasteiger partial charge in [0, 0.05) is 5.69 Å². The molecule has 20 heavy (non-hydrogen) atoms. The fraction of sp³-hybridized carbons (Fsp3) is 0.312. The average Bonchev–Trinajstić information content (AvgIpc) is 2.98. The van der Waals surface area contributed by atoms with Gasteiger partial charge in [0.05, 0.1) is 6.26 Å². The van der Waals surface area contributed by atoms with E-state index in [4.69, 9.17) is 10.2 Å². The first kappa shape index (κ1) is 14.2. The zero-order valence-corrected chi connectivity index (χ0v) is 12.0. The number of guanidine groups is 1. The third-order valence-corrected chi connectivity index (χ3v) is 3.35. The minimum absolute atomic E-state index is 0.387. The van der Waals surface area contributed by atoms with E-state index in [2.05, 4.69) is 36.3 Å². The Balaban J connectivity index is 1.93. The molecule has 1 aromatic heterocycles. The van der Waals surface area contributed by atoms with Gasteiger partial charge in [0.25, 0.3) is 0 Å². The zero-order chi connectivity index (χ0) is 14.4. The molecule has 106 valence electrons. The Hall–Kier alpha value is -2.23. The van der Waals surface area contributed by atoms with Crippen LogP contribution in [-0.2, 0) is 6.54 Å². The number of hydrogen-bond donors (Lipinski definition) is 2. The average molecular weight is 271 g/mol. The third kappa shape index (κ3) is 3.88. The quantitative estimate of drug-likeness (QED) is 0.643. The SMILES string of the molecule is CCC(C)c1ccc(NC(N)=NCc2ccco2)cc1. The molecule has 0 radical (unpaired) electrons. The van der Waals surface area contributed by atoms with E-state index in [1.807, 2.05) is 24.3 Å². The first-order chi connectivity index (χ1) is 9.69. The molecule has 1 aromatic carbocycles. The summed E-state index contributed by atoms with van der Waals surface area (Å²) >= 11 is 0. The highest BCUT2D eigenvalue weighted by molar-refractivity contribution is 5.92. The van der Waals surface area contributed by atoms with Gasteiger partial charge in [-0.2, -0.15) is 0 Å². The van der Waals surface area contributed by atoms with Gasteiger partial charge in [0.1, 0.15) is 12.3 Å². The van der Waals surface area contributed by atoms with Crippen molar-refractivity contribution in [3.05, 3.63) is 54.0 Å². The molecule has 4 nitrogen and oxygen atoms in total. The van der Waals surface area contributed by atoms with E-state index in [0.29, 0.717) is 18.4 Å². The van der Waals surface area contributed by atoms with Crippen LogP contribution in [0.1, 0.15) is 37.5 Å². The van der Waals surface area contributed by atoms with Crippen molar-refractivity contribution in [2.24, 2.45) is 10.7 Å². The van der Waals surface area contributed by atoms with Crippen LogP contribution in [0.15, 0.2) is 52.1 Å². The summed E-state index contributed by atoms with van der Waals surface area (Å²) in [6, 6.07) is 12.0. The van der Waals surface area contributed by atoms with Crippen molar-refractivity contribution >= 4 is 11.6 Å². The number of nitrogens with zero attached hydrogens (tertiary/aromatic N) is 1. The topological polar surface area (TPSA) is 63.5 Å². The van der Waals surface area contributed by atoms with Crippen LogP contribution in [0, 0.1) is 0 Å². The van der Waals surface area contributed by atoms with Crippen LogP contribution in [0.4, 0.5) is 5.69 Å². The van der Waals surface area contributed by atoms with Crippen LogP contribution in [0.2, 0.25) is 0 Å². The van der Waals surface area contributed by atoms with E-state index < -0.39 is 0 Å². The summed E-state index contributed by atoms with van der Waals surface area (Å²) in [5.41, 5.74) is 8.12. The predicted octanol–water partition coefficient (Wildman–Crippen LogP) is 3.72. The Morgan fingerprint density at radius 2 is 2.05 bits per heavy atom. The van der Waals surface area contributed by atoms with Crippen LogP contribution in [0.5, 0.6) is 0 Å². The highest BCUT2D eigenvalue weighted by Crippen LogP contribution is 2.20. The summed E-state index contributed by atoms with van der Waals surface area (Å²) in [6.45, 7) is 4.86. The number of benzene rings is 1. The van der Waals surface area contributed by atoms with E-state index in [1.165, 1.54) is 5.56 Å².